The first-order valence-corrected chi connectivity index (χ1v) is 8.28. The largest absolute Gasteiger partial charge is 0.357 e. The van der Waals surface area contributed by atoms with Crippen LogP contribution in [0.3, 0.4) is 0 Å². The molecule has 24 heavy (non-hydrogen) atoms. The summed E-state index contributed by atoms with van der Waals surface area (Å²) in [6.07, 6.45) is 1.78. The Morgan fingerprint density at radius 3 is 1.96 bits per heavy atom. The number of rotatable bonds is 5. The molecular weight excluding hydrogens is 314 g/mol. The lowest BCUT2D eigenvalue weighted by molar-refractivity contribution is 0.732. The Kier molecular flexibility index (Phi) is 5.53. The van der Waals surface area contributed by atoms with Crippen LogP contribution in [0.1, 0.15) is 22.9 Å². The van der Waals surface area contributed by atoms with E-state index in [1.165, 1.54) is 11.1 Å². The molecule has 0 aliphatic rings. The van der Waals surface area contributed by atoms with Crippen molar-refractivity contribution in [2.45, 2.75) is 12.6 Å². The van der Waals surface area contributed by atoms with Gasteiger partial charge in [-0.3, -0.25) is 4.98 Å². The van der Waals surface area contributed by atoms with Crippen LogP contribution in [0, 0.1) is 0 Å². The van der Waals surface area contributed by atoms with E-state index in [-0.39, 0.29) is 6.04 Å². The lowest BCUT2D eigenvalue weighted by Gasteiger charge is -2.22. The summed E-state index contributed by atoms with van der Waals surface area (Å²) in [7, 11) is 0. The minimum Gasteiger partial charge on any atom is -0.357 e. The first-order chi connectivity index (χ1) is 11.8. The number of nitrogens with one attached hydrogen (secondary N) is 2. The Hall–Kier alpha value is -2.72. The number of hydrogen-bond donors (Lipinski definition) is 2. The van der Waals surface area contributed by atoms with E-state index >= 15 is 0 Å². The number of pyridine rings is 1. The summed E-state index contributed by atoms with van der Waals surface area (Å²) < 4.78 is 0. The van der Waals surface area contributed by atoms with Gasteiger partial charge in [0.2, 0.25) is 0 Å². The molecule has 0 spiro atoms. The van der Waals surface area contributed by atoms with Crippen molar-refractivity contribution in [2.75, 3.05) is 0 Å². The molecule has 0 fully saturated rings. The molecule has 2 aromatic carbocycles. The van der Waals surface area contributed by atoms with Gasteiger partial charge in [0.25, 0.3) is 0 Å². The van der Waals surface area contributed by atoms with E-state index in [1.807, 2.05) is 54.6 Å². The van der Waals surface area contributed by atoms with Gasteiger partial charge in [0.1, 0.15) is 0 Å². The van der Waals surface area contributed by atoms with Crippen molar-refractivity contribution in [3.63, 3.8) is 0 Å². The highest BCUT2D eigenvalue weighted by molar-refractivity contribution is 7.80. The summed E-state index contributed by atoms with van der Waals surface area (Å²) in [5.41, 5.74) is 3.30. The standard InChI is InChI=1S/C20H19N3S/c24-20(22-15-18-13-7-8-14-21-18)23-19(16-9-3-1-4-10-16)17-11-5-2-6-12-17/h1-14,19H,15H2,(H2,22,23,24). The van der Waals surface area contributed by atoms with Crippen LogP contribution in [0.5, 0.6) is 0 Å². The third kappa shape index (κ3) is 4.40. The second kappa shape index (κ2) is 8.22. The highest BCUT2D eigenvalue weighted by Crippen LogP contribution is 2.21. The topological polar surface area (TPSA) is 37.0 Å². The van der Waals surface area contributed by atoms with Gasteiger partial charge in [0.15, 0.2) is 5.11 Å². The van der Waals surface area contributed by atoms with E-state index < -0.39 is 0 Å². The fourth-order valence-corrected chi connectivity index (χ4v) is 2.70. The van der Waals surface area contributed by atoms with Gasteiger partial charge in [-0.15, -0.1) is 0 Å². The molecule has 1 aromatic heterocycles. The zero-order valence-electron chi connectivity index (χ0n) is 13.2. The van der Waals surface area contributed by atoms with Crippen molar-refractivity contribution >= 4 is 17.3 Å². The van der Waals surface area contributed by atoms with Crippen LogP contribution in [-0.2, 0) is 6.54 Å². The number of aromatic nitrogens is 1. The molecule has 0 saturated carbocycles. The molecule has 120 valence electrons. The second-order valence-electron chi connectivity index (χ2n) is 5.40. The van der Waals surface area contributed by atoms with E-state index in [0.717, 1.165) is 5.69 Å². The molecule has 0 bridgehead atoms. The minimum atomic E-state index is 0.0103. The summed E-state index contributed by atoms with van der Waals surface area (Å²) >= 11 is 5.48. The van der Waals surface area contributed by atoms with Gasteiger partial charge in [-0.25, -0.2) is 0 Å². The zero-order valence-corrected chi connectivity index (χ0v) is 14.0. The molecule has 0 radical (unpaired) electrons. The second-order valence-corrected chi connectivity index (χ2v) is 5.81. The summed E-state index contributed by atoms with van der Waals surface area (Å²) in [6, 6.07) is 26.5. The van der Waals surface area contributed by atoms with Crippen LogP contribution in [0.15, 0.2) is 85.1 Å². The third-order valence-corrected chi connectivity index (χ3v) is 3.96. The maximum atomic E-state index is 5.48. The van der Waals surface area contributed by atoms with E-state index in [9.17, 15) is 0 Å². The van der Waals surface area contributed by atoms with Crippen LogP contribution in [0.25, 0.3) is 0 Å². The van der Waals surface area contributed by atoms with Crippen molar-refractivity contribution in [3.05, 3.63) is 102 Å². The predicted molar refractivity (Wildman–Crippen MR) is 102 cm³/mol. The molecule has 0 saturated heterocycles. The molecule has 1 heterocycles. The van der Waals surface area contributed by atoms with Crippen molar-refractivity contribution < 1.29 is 0 Å². The zero-order chi connectivity index (χ0) is 16.6. The van der Waals surface area contributed by atoms with Gasteiger partial charge in [-0.1, -0.05) is 66.7 Å². The van der Waals surface area contributed by atoms with Gasteiger partial charge in [0.05, 0.1) is 18.3 Å². The maximum Gasteiger partial charge on any atom is 0.167 e. The fourth-order valence-electron chi connectivity index (χ4n) is 2.51. The first-order valence-electron chi connectivity index (χ1n) is 7.87. The Balaban J connectivity index is 1.71. The molecule has 4 heteroatoms. The van der Waals surface area contributed by atoms with Gasteiger partial charge >= 0.3 is 0 Å². The first kappa shape index (κ1) is 16.1. The van der Waals surface area contributed by atoms with E-state index in [0.29, 0.717) is 11.7 Å². The van der Waals surface area contributed by atoms with Crippen LogP contribution in [-0.4, -0.2) is 10.1 Å². The molecule has 2 N–H and O–H groups in total. The number of benzene rings is 2. The predicted octanol–water partition coefficient (Wildman–Crippen LogP) is 3.84. The molecule has 0 unspecified atom stereocenters. The van der Waals surface area contributed by atoms with E-state index in [4.69, 9.17) is 12.2 Å². The average Bonchev–Trinajstić information content (AvgIpc) is 2.67. The molecule has 3 aromatic rings. The third-order valence-electron chi connectivity index (χ3n) is 3.70. The lowest BCUT2D eigenvalue weighted by Crippen LogP contribution is -2.37. The highest BCUT2D eigenvalue weighted by atomic mass is 32.1. The van der Waals surface area contributed by atoms with Crippen molar-refractivity contribution in [2.24, 2.45) is 0 Å². The monoisotopic (exact) mass is 333 g/mol. The van der Waals surface area contributed by atoms with Gasteiger partial charge in [-0.05, 0) is 35.5 Å². The molecule has 0 aliphatic carbocycles. The van der Waals surface area contributed by atoms with Crippen molar-refractivity contribution in [3.8, 4) is 0 Å². The minimum absolute atomic E-state index is 0.0103. The Bertz CT molecular complexity index is 721. The normalized spacial score (nSPS) is 10.4. The van der Waals surface area contributed by atoms with Gasteiger partial charge in [-0.2, -0.15) is 0 Å². The summed E-state index contributed by atoms with van der Waals surface area (Å²) in [5.74, 6) is 0. The van der Waals surface area contributed by atoms with Crippen LogP contribution >= 0.6 is 12.2 Å². The summed E-state index contributed by atoms with van der Waals surface area (Å²) in [6.45, 7) is 0.600. The molecule has 0 atom stereocenters. The Morgan fingerprint density at radius 1 is 0.833 bits per heavy atom. The van der Waals surface area contributed by atoms with Crippen molar-refractivity contribution in [1.29, 1.82) is 0 Å². The molecule has 0 aliphatic heterocycles. The molecule has 0 amide bonds. The van der Waals surface area contributed by atoms with Crippen LogP contribution in [0.4, 0.5) is 0 Å². The van der Waals surface area contributed by atoms with Gasteiger partial charge in [0, 0.05) is 6.20 Å². The fraction of sp³-hybridized carbons (Fsp3) is 0.100. The quantitative estimate of drug-likeness (QED) is 0.696. The SMILES string of the molecule is S=C(NCc1ccccn1)NC(c1ccccc1)c1ccccc1. The Labute approximate surface area is 147 Å². The number of thiocarbonyl (C=S) groups is 1. The summed E-state index contributed by atoms with van der Waals surface area (Å²) in [5, 5.41) is 7.25. The smallest absolute Gasteiger partial charge is 0.167 e. The number of nitrogens with zero attached hydrogens (tertiary/aromatic N) is 1. The van der Waals surface area contributed by atoms with Crippen LogP contribution in [0.2, 0.25) is 0 Å². The Morgan fingerprint density at radius 2 is 1.42 bits per heavy atom. The van der Waals surface area contributed by atoms with Crippen LogP contribution < -0.4 is 10.6 Å². The van der Waals surface area contributed by atoms with Crippen molar-refractivity contribution in [1.82, 2.24) is 15.6 Å². The van der Waals surface area contributed by atoms with E-state index in [2.05, 4.69) is 39.9 Å². The summed E-state index contributed by atoms with van der Waals surface area (Å²) in [4.78, 5) is 4.30. The highest BCUT2D eigenvalue weighted by Gasteiger charge is 2.14. The molecule has 3 nitrogen and oxygen atoms in total. The average molecular weight is 333 g/mol. The molecule has 3 rings (SSSR count). The maximum absolute atomic E-state index is 5.48. The molecular formula is C20H19N3S. The van der Waals surface area contributed by atoms with E-state index in [1.54, 1.807) is 6.20 Å². The van der Waals surface area contributed by atoms with Gasteiger partial charge < -0.3 is 10.6 Å². The lowest BCUT2D eigenvalue weighted by atomic mass is 9.99. The number of hydrogen-bond acceptors (Lipinski definition) is 2.